The molecule has 2 amide bonds. The lowest BCUT2D eigenvalue weighted by Gasteiger charge is -2.27. The molecule has 1 aromatic carbocycles. The molecule has 192 valence electrons. The number of anilines is 1. The molecule has 36 heavy (non-hydrogen) atoms. The van der Waals surface area contributed by atoms with E-state index in [1.807, 2.05) is 20.8 Å². The Balaban J connectivity index is 1.90. The second kappa shape index (κ2) is 11.2. The van der Waals surface area contributed by atoms with Gasteiger partial charge in [-0.3, -0.25) is 14.3 Å². The highest BCUT2D eigenvalue weighted by molar-refractivity contribution is 7.99. The highest BCUT2D eigenvalue weighted by Crippen LogP contribution is 2.30. The Kier molecular flexibility index (Phi) is 8.49. The maximum atomic E-state index is 13.3. The van der Waals surface area contributed by atoms with Gasteiger partial charge in [-0.2, -0.15) is 0 Å². The van der Waals surface area contributed by atoms with Crippen molar-refractivity contribution in [3.8, 4) is 11.4 Å². The minimum Gasteiger partial charge on any atom is -0.443 e. The summed E-state index contributed by atoms with van der Waals surface area (Å²) in [7, 11) is 0. The summed E-state index contributed by atoms with van der Waals surface area (Å²) in [5, 5.41) is 19.5. The number of carbonyl (C=O) groups is 2. The van der Waals surface area contributed by atoms with Gasteiger partial charge in [0.2, 0.25) is 12.3 Å². The predicted molar refractivity (Wildman–Crippen MR) is 136 cm³/mol. The molecule has 11 heteroatoms. The van der Waals surface area contributed by atoms with Crippen LogP contribution in [-0.2, 0) is 14.3 Å². The molecule has 10 nitrogen and oxygen atoms in total. The molecule has 3 rings (SSSR count). The number of carbonyl (C=O) groups excluding carboxylic acids is 2. The minimum atomic E-state index is -1.42. The summed E-state index contributed by atoms with van der Waals surface area (Å²) in [5.41, 5.74) is -0.414. The van der Waals surface area contributed by atoms with E-state index in [4.69, 9.17) is 9.47 Å². The third-order valence-electron chi connectivity index (χ3n) is 4.45. The zero-order valence-electron chi connectivity index (χ0n) is 21.2. The van der Waals surface area contributed by atoms with E-state index in [1.165, 1.54) is 4.57 Å². The van der Waals surface area contributed by atoms with Gasteiger partial charge in [0.05, 0.1) is 17.0 Å². The van der Waals surface area contributed by atoms with Crippen LogP contribution in [0, 0.1) is 0 Å². The van der Waals surface area contributed by atoms with E-state index in [0.29, 0.717) is 17.1 Å². The SMILES string of the molecule is CC(C)(C)OC(=O)N(C(=O)CSc1nnc(-c2ccncc2)n1C(O)OC(C)(C)C)c1ccccc1. The van der Waals surface area contributed by atoms with Crippen molar-refractivity contribution in [1.82, 2.24) is 19.7 Å². The molecule has 2 aromatic heterocycles. The van der Waals surface area contributed by atoms with Gasteiger partial charge in [0, 0.05) is 18.0 Å². The molecular formula is C25H31N5O5S. The molecule has 0 aliphatic carbocycles. The number of thioether (sulfide) groups is 1. The second-order valence-corrected chi connectivity index (χ2v) is 10.7. The lowest BCUT2D eigenvalue weighted by molar-refractivity contribution is -0.212. The number of rotatable bonds is 7. The minimum absolute atomic E-state index is 0.176. The number of imide groups is 1. The first-order chi connectivity index (χ1) is 16.9. The number of amides is 2. The van der Waals surface area contributed by atoms with E-state index in [-0.39, 0.29) is 10.9 Å². The van der Waals surface area contributed by atoms with Gasteiger partial charge in [-0.05, 0) is 65.8 Å². The summed E-state index contributed by atoms with van der Waals surface area (Å²) in [6, 6.07) is 12.0. The Hall–Kier alpha value is -3.28. The topological polar surface area (TPSA) is 120 Å². The maximum Gasteiger partial charge on any atom is 0.421 e. The molecule has 1 unspecified atom stereocenters. The Bertz CT molecular complexity index is 1170. The number of para-hydroxylation sites is 1. The van der Waals surface area contributed by atoms with Gasteiger partial charge in [0.25, 0.3) is 0 Å². The summed E-state index contributed by atoms with van der Waals surface area (Å²) in [6.45, 7) is 10.6. The van der Waals surface area contributed by atoms with Crippen molar-refractivity contribution in [3.05, 3.63) is 54.9 Å². The van der Waals surface area contributed by atoms with Gasteiger partial charge in [-0.25, -0.2) is 9.69 Å². The predicted octanol–water partition coefficient (Wildman–Crippen LogP) is 4.66. The summed E-state index contributed by atoms with van der Waals surface area (Å²) in [4.78, 5) is 31.2. The van der Waals surface area contributed by atoms with Crippen LogP contribution in [0.3, 0.4) is 0 Å². The van der Waals surface area contributed by atoms with Crippen molar-refractivity contribution in [1.29, 1.82) is 0 Å². The number of nitrogens with zero attached hydrogens (tertiary/aromatic N) is 5. The number of hydrogen-bond donors (Lipinski definition) is 1. The third kappa shape index (κ3) is 7.36. The van der Waals surface area contributed by atoms with Gasteiger partial charge < -0.3 is 14.6 Å². The lowest BCUT2D eigenvalue weighted by atomic mass is 10.2. The van der Waals surface area contributed by atoms with E-state index in [9.17, 15) is 14.7 Å². The van der Waals surface area contributed by atoms with Gasteiger partial charge in [0.1, 0.15) is 5.60 Å². The smallest absolute Gasteiger partial charge is 0.421 e. The highest BCUT2D eigenvalue weighted by Gasteiger charge is 2.30. The van der Waals surface area contributed by atoms with Crippen molar-refractivity contribution < 1.29 is 24.2 Å². The first-order valence-electron chi connectivity index (χ1n) is 11.3. The Morgan fingerprint density at radius 3 is 2.22 bits per heavy atom. The number of pyridine rings is 1. The van der Waals surface area contributed by atoms with Crippen LogP contribution in [0.5, 0.6) is 0 Å². The van der Waals surface area contributed by atoms with E-state index in [1.54, 1.807) is 75.6 Å². The van der Waals surface area contributed by atoms with E-state index < -0.39 is 29.6 Å². The number of benzene rings is 1. The van der Waals surface area contributed by atoms with Crippen molar-refractivity contribution in [2.24, 2.45) is 0 Å². The largest absolute Gasteiger partial charge is 0.443 e. The number of aromatic nitrogens is 4. The van der Waals surface area contributed by atoms with Crippen LogP contribution in [0.1, 0.15) is 48.0 Å². The molecule has 0 spiro atoms. The Morgan fingerprint density at radius 2 is 1.64 bits per heavy atom. The summed E-state index contributed by atoms with van der Waals surface area (Å²) < 4.78 is 12.6. The van der Waals surface area contributed by atoms with Gasteiger partial charge in [-0.1, -0.05) is 30.0 Å². The van der Waals surface area contributed by atoms with Crippen LogP contribution >= 0.6 is 11.8 Å². The lowest BCUT2D eigenvalue weighted by Crippen LogP contribution is -2.42. The van der Waals surface area contributed by atoms with Crippen LogP contribution in [-0.4, -0.2) is 53.8 Å². The van der Waals surface area contributed by atoms with Crippen molar-refractivity contribution in [3.63, 3.8) is 0 Å². The normalized spacial score (nSPS) is 12.8. The monoisotopic (exact) mass is 513 g/mol. The molecular weight excluding hydrogens is 482 g/mol. The summed E-state index contributed by atoms with van der Waals surface area (Å²) in [6.07, 6.45) is 0.992. The second-order valence-electron chi connectivity index (χ2n) is 9.80. The maximum absolute atomic E-state index is 13.3. The molecule has 3 aromatic rings. The fraction of sp³-hybridized carbons (Fsp3) is 0.400. The van der Waals surface area contributed by atoms with E-state index >= 15 is 0 Å². The molecule has 1 atom stereocenters. The molecule has 2 heterocycles. The van der Waals surface area contributed by atoms with E-state index in [2.05, 4.69) is 15.2 Å². The number of aliphatic hydroxyl groups is 1. The average Bonchev–Trinajstić information content (AvgIpc) is 3.21. The zero-order valence-corrected chi connectivity index (χ0v) is 22.0. The highest BCUT2D eigenvalue weighted by atomic mass is 32.2. The molecule has 0 bridgehead atoms. The molecule has 0 aliphatic heterocycles. The van der Waals surface area contributed by atoms with E-state index in [0.717, 1.165) is 16.7 Å². The Labute approximate surface area is 214 Å². The number of aliphatic hydroxyl groups excluding tert-OH is 1. The summed E-state index contributed by atoms with van der Waals surface area (Å²) >= 11 is 1.02. The molecule has 0 radical (unpaired) electrons. The van der Waals surface area contributed by atoms with Crippen LogP contribution in [0.15, 0.2) is 60.0 Å². The molecule has 0 saturated carbocycles. The van der Waals surface area contributed by atoms with Crippen LogP contribution in [0.2, 0.25) is 0 Å². The summed E-state index contributed by atoms with van der Waals surface area (Å²) in [5.74, 6) is -0.354. The molecule has 0 fully saturated rings. The van der Waals surface area contributed by atoms with Gasteiger partial charge in [-0.15, -0.1) is 10.2 Å². The first-order valence-corrected chi connectivity index (χ1v) is 12.3. The van der Waals surface area contributed by atoms with Crippen molar-refractivity contribution in [2.45, 2.75) is 64.3 Å². The van der Waals surface area contributed by atoms with Crippen molar-refractivity contribution in [2.75, 3.05) is 10.7 Å². The zero-order chi connectivity index (χ0) is 26.5. The van der Waals surface area contributed by atoms with Gasteiger partial charge >= 0.3 is 6.09 Å². The fourth-order valence-corrected chi connectivity index (χ4v) is 3.86. The van der Waals surface area contributed by atoms with Crippen LogP contribution in [0.25, 0.3) is 11.4 Å². The Morgan fingerprint density at radius 1 is 1.00 bits per heavy atom. The molecule has 0 saturated heterocycles. The average molecular weight is 514 g/mol. The standard InChI is InChI=1S/C25H31N5O5S/c1-24(2,3)34-22(32)29(18-10-8-7-9-11-18)19(31)16-36-21-28-27-20(17-12-14-26-15-13-17)30(21)23(33)35-25(4,5)6/h7-15,23,33H,16H2,1-6H3. The fourth-order valence-electron chi connectivity index (χ4n) is 3.07. The van der Waals surface area contributed by atoms with Gasteiger partial charge in [0.15, 0.2) is 11.0 Å². The number of hydrogen-bond acceptors (Lipinski definition) is 9. The molecule has 0 aliphatic rings. The number of ether oxygens (including phenoxy) is 2. The van der Waals surface area contributed by atoms with Crippen LogP contribution < -0.4 is 4.90 Å². The van der Waals surface area contributed by atoms with Crippen LogP contribution in [0.4, 0.5) is 10.5 Å². The van der Waals surface area contributed by atoms with Crippen molar-refractivity contribution >= 4 is 29.4 Å². The first kappa shape index (κ1) is 27.3. The molecule has 1 N–H and O–H groups in total. The quantitative estimate of drug-likeness (QED) is 0.355. The third-order valence-corrected chi connectivity index (χ3v) is 5.38.